The highest BCUT2D eigenvalue weighted by atomic mass is 32.2. The van der Waals surface area contributed by atoms with E-state index in [0.717, 1.165) is 22.8 Å². The Morgan fingerprint density at radius 2 is 2.15 bits per heavy atom. The molecule has 0 fully saturated rings. The van der Waals surface area contributed by atoms with E-state index in [1.165, 1.54) is 0 Å². The molecule has 1 heterocycles. The van der Waals surface area contributed by atoms with E-state index in [1.807, 2.05) is 20.8 Å². The molecule has 1 atom stereocenters. The highest BCUT2D eigenvalue weighted by molar-refractivity contribution is 7.99. The van der Waals surface area contributed by atoms with Crippen molar-refractivity contribution in [3.8, 4) is 0 Å². The Hall–Kier alpha value is -1.01. The molecule has 1 aromatic heterocycles. The minimum absolute atomic E-state index is 0.0170. The zero-order chi connectivity index (χ0) is 15.3. The topological polar surface area (TPSA) is 81.2 Å². The van der Waals surface area contributed by atoms with E-state index in [2.05, 4.69) is 24.3 Å². The third-order valence-electron chi connectivity index (χ3n) is 3.78. The van der Waals surface area contributed by atoms with E-state index in [1.54, 1.807) is 11.8 Å². The molecular formula is C14H25N3O2S. The van der Waals surface area contributed by atoms with Gasteiger partial charge in [-0.15, -0.1) is 11.8 Å². The zero-order valence-corrected chi connectivity index (χ0v) is 13.8. The number of carbonyl (C=O) groups is 1. The first-order valence-corrected chi connectivity index (χ1v) is 7.96. The molecule has 0 aliphatic rings. The van der Waals surface area contributed by atoms with Crippen molar-refractivity contribution in [2.24, 2.45) is 11.7 Å². The maximum absolute atomic E-state index is 12.0. The number of amides is 1. The SMILES string of the molecule is Cc1noc(C)c1CSCC(=O)NC(C)(CN)C(C)C. The highest BCUT2D eigenvalue weighted by Crippen LogP contribution is 2.20. The molecule has 0 radical (unpaired) electrons. The number of rotatable bonds is 7. The molecule has 0 saturated carbocycles. The van der Waals surface area contributed by atoms with E-state index in [4.69, 9.17) is 10.3 Å². The van der Waals surface area contributed by atoms with Gasteiger partial charge in [-0.1, -0.05) is 19.0 Å². The highest BCUT2D eigenvalue weighted by Gasteiger charge is 2.28. The molecule has 0 aliphatic heterocycles. The number of nitrogens with one attached hydrogen (secondary N) is 1. The van der Waals surface area contributed by atoms with Crippen molar-refractivity contribution in [2.75, 3.05) is 12.3 Å². The fourth-order valence-corrected chi connectivity index (χ4v) is 2.72. The standard InChI is InChI=1S/C14H25N3O2S/c1-9(2)14(5,8-15)16-13(18)7-20-6-12-10(3)17-19-11(12)4/h9H,6-8,15H2,1-5H3,(H,16,18). The average Bonchev–Trinajstić information content (AvgIpc) is 2.69. The lowest BCUT2D eigenvalue weighted by Crippen LogP contribution is -2.55. The molecule has 5 nitrogen and oxygen atoms in total. The smallest absolute Gasteiger partial charge is 0.230 e. The Kier molecular flexibility index (Phi) is 6.07. The molecule has 20 heavy (non-hydrogen) atoms. The second-order valence-corrected chi connectivity index (χ2v) is 6.61. The van der Waals surface area contributed by atoms with Gasteiger partial charge in [0.15, 0.2) is 0 Å². The predicted octanol–water partition coefficient (Wildman–Crippen LogP) is 2.01. The summed E-state index contributed by atoms with van der Waals surface area (Å²) < 4.78 is 5.10. The van der Waals surface area contributed by atoms with Crippen LogP contribution in [0.25, 0.3) is 0 Å². The summed E-state index contributed by atoms with van der Waals surface area (Å²) in [5.74, 6) is 2.28. The van der Waals surface area contributed by atoms with Crippen molar-refractivity contribution in [1.29, 1.82) is 0 Å². The van der Waals surface area contributed by atoms with Crippen LogP contribution in [0.2, 0.25) is 0 Å². The number of thioether (sulfide) groups is 1. The molecule has 0 aliphatic carbocycles. The van der Waals surface area contributed by atoms with Gasteiger partial charge in [0.25, 0.3) is 0 Å². The van der Waals surface area contributed by atoms with E-state index in [-0.39, 0.29) is 11.4 Å². The summed E-state index contributed by atoms with van der Waals surface area (Å²) in [4.78, 5) is 12.0. The van der Waals surface area contributed by atoms with E-state index in [0.29, 0.717) is 18.2 Å². The van der Waals surface area contributed by atoms with Crippen molar-refractivity contribution >= 4 is 17.7 Å². The maximum Gasteiger partial charge on any atom is 0.230 e. The normalized spacial score (nSPS) is 14.3. The monoisotopic (exact) mass is 299 g/mol. The summed E-state index contributed by atoms with van der Waals surface area (Å²) in [7, 11) is 0. The van der Waals surface area contributed by atoms with Crippen molar-refractivity contribution in [2.45, 2.75) is 45.9 Å². The van der Waals surface area contributed by atoms with E-state index >= 15 is 0 Å². The Morgan fingerprint density at radius 3 is 2.60 bits per heavy atom. The number of nitrogens with zero attached hydrogens (tertiary/aromatic N) is 1. The van der Waals surface area contributed by atoms with Gasteiger partial charge in [-0.05, 0) is 26.7 Å². The predicted molar refractivity (Wildman–Crippen MR) is 82.6 cm³/mol. The van der Waals surface area contributed by atoms with Gasteiger partial charge in [0.1, 0.15) is 5.76 Å². The van der Waals surface area contributed by atoms with Gasteiger partial charge in [0.2, 0.25) is 5.91 Å². The third-order valence-corrected chi connectivity index (χ3v) is 4.74. The van der Waals surface area contributed by atoms with Crippen LogP contribution in [0.1, 0.15) is 37.8 Å². The summed E-state index contributed by atoms with van der Waals surface area (Å²) >= 11 is 1.56. The first-order chi connectivity index (χ1) is 9.30. The van der Waals surface area contributed by atoms with Gasteiger partial charge in [-0.2, -0.15) is 0 Å². The quantitative estimate of drug-likeness (QED) is 0.805. The van der Waals surface area contributed by atoms with Crippen LogP contribution in [-0.4, -0.2) is 28.9 Å². The lowest BCUT2D eigenvalue weighted by atomic mass is 9.88. The van der Waals surface area contributed by atoms with Crippen molar-refractivity contribution in [1.82, 2.24) is 10.5 Å². The second kappa shape index (κ2) is 7.13. The van der Waals surface area contributed by atoms with E-state index < -0.39 is 0 Å². The lowest BCUT2D eigenvalue weighted by molar-refractivity contribution is -0.120. The summed E-state index contributed by atoms with van der Waals surface area (Å²) in [5, 5.41) is 6.93. The van der Waals surface area contributed by atoms with Gasteiger partial charge < -0.3 is 15.6 Å². The second-order valence-electron chi connectivity index (χ2n) is 5.62. The molecule has 6 heteroatoms. The van der Waals surface area contributed by atoms with Crippen LogP contribution in [0.4, 0.5) is 0 Å². The first kappa shape index (κ1) is 17.0. The lowest BCUT2D eigenvalue weighted by Gasteiger charge is -2.33. The number of aromatic nitrogens is 1. The Morgan fingerprint density at radius 1 is 1.50 bits per heavy atom. The third kappa shape index (κ3) is 4.24. The van der Waals surface area contributed by atoms with Crippen LogP contribution in [0.5, 0.6) is 0 Å². The van der Waals surface area contributed by atoms with Gasteiger partial charge in [0, 0.05) is 17.9 Å². The fourth-order valence-electron chi connectivity index (χ4n) is 1.74. The molecule has 0 bridgehead atoms. The van der Waals surface area contributed by atoms with Crippen LogP contribution in [0.15, 0.2) is 4.52 Å². The van der Waals surface area contributed by atoms with Gasteiger partial charge in [0.05, 0.1) is 17.0 Å². The van der Waals surface area contributed by atoms with Crippen LogP contribution >= 0.6 is 11.8 Å². The van der Waals surface area contributed by atoms with Crippen LogP contribution in [0, 0.1) is 19.8 Å². The van der Waals surface area contributed by atoms with Crippen LogP contribution < -0.4 is 11.1 Å². The minimum Gasteiger partial charge on any atom is -0.361 e. The molecule has 0 saturated heterocycles. The van der Waals surface area contributed by atoms with Crippen molar-refractivity contribution in [3.05, 3.63) is 17.0 Å². The molecule has 1 unspecified atom stereocenters. The largest absolute Gasteiger partial charge is 0.361 e. The summed E-state index contributed by atoms with van der Waals surface area (Å²) in [6.45, 7) is 10.3. The van der Waals surface area contributed by atoms with Gasteiger partial charge in [-0.3, -0.25) is 4.79 Å². The van der Waals surface area contributed by atoms with Crippen molar-refractivity contribution < 1.29 is 9.32 Å². The number of nitrogens with two attached hydrogens (primary N) is 1. The Bertz CT molecular complexity index is 440. The molecule has 0 spiro atoms. The summed E-state index contributed by atoms with van der Waals surface area (Å²) in [6, 6.07) is 0. The molecule has 0 aromatic carbocycles. The van der Waals surface area contributed by atoms with E-state index in [9.17, 15) is 4.79 Å². The van der Waals surface area contributed by atoms with Crippen molar-refractivity contribution in [3.63, 3.8) is 0 Å². The number of carbonyl (C=O) groups excluding carboxylic acids is 1. The molecule has 1 aromatic rings. The number of aryl methyl sites for hydroxylation is 2. The van der Waals surface area contributed by atoms with Crippen LogP contribution in [-0.2, 0) is 10.5 Å². The van der Waals surface area contributed by atoms with Gasteiger partial charge >= 0.3 is 0 Å². The van der Waals surface area contributed by atoms with Crippen LogP contribution in [0.3, 0.4) is 0 Å². The maximum atomic E-state index is 12.0. The molecular weight excluding hydrogens is 274 g/mol. The molecule has 1 rings (SSSR count). The summed E-state index contributed by atoms with van der Waals surface area (Å²) in [6.07, 6.45) is 0. The molecule has 3 N–H and O–H groups in total. The Balaban J connectivity index is 2.45. The molecule has 1 amide bonds. The Labute approximate surface area is 125 Å². The minimum atomic E-state index is -0.347. The zero-order valence-electron chi connectivity index (χ0n) is 12.9. The van der Waals surface area contributed by atoms with Gasteiger partial charge in [-0.25, -0.2) is 0 Å². The fraction of sp³-hybridized carbons (Fsp3) is 0.714. The molecule has 114 valence electrons. The number of hydrogen-bond acceptors (Lipinski definition) is 5. The first-order valence-electron chi connectivity index (χ1n) is 6.80. The number of hydrogen-bond donors (Lipinski definition) is 2. The average molecular weight is 299 g/mol. The summed E-state index contributed by atoms with van der Waals surface area (Å²) in [5.41, 5.74) is 7.38.